The number of nitrogens with zero attached hydrogens (tertiary/aromatic N) is 1. The van der Waals surface area contributed by atoms with E-state index in [1.165, 1.54) is 29.2 Å². The molecule has 2 rings (SSSR count). The molecule has 0 aliphatic rings. The van der Waals surface area contributed by atoms with Crippen molar-refractivity contribution in [3.63, 3.8) is 0 Å². The van der Waals surface area contributed by atoms with Gasteiger partial charge in [0.1, 0.15) is 6.29 Å². The highest BCUT2D eigenvalue weighted by atomic mass is 32.2. The predicted molar refractivity (Wildman–Crippen MR) is 66.9 cm³/mol. The maximum absolute atomic E-state index is 10.9. The third-order valence-corrected chi connectivity index (χ3v) is 4.12. The fourth-order valence-corrected chi connectivity index (χ4v) is 3.08. The number of hydrogen-bond donors (Lipinski definition) is 0. The monoisotopic (exact) mass is 265 g/mol. The zero-order valence-corrected chi connectivity index (χ0v) is 10.2. The molecule has 6 heteroatoms. The Labute approximate surface area is 105 Å². The number of hydrogen-bond acceptors (Lipinski definition) is 5. The number of carbonyl (C=O) groups is 1. The van der Waals surface area contributed by atoms with Gasteiger partial charge < -0.3 is 0 Å². The Bertz CT molecular complexity index is 552. The van der Waals surface area contributed by atoms with E-state index in [4.69, 9.17) is 0 Å². The Morgan fingerprint density at radius 1 is 1.35 bits per heavy atom. The number of aldehydes is 1. The molecule has 1 aromatic heterocycles. The minimum absolute atomic E-state index is 0.0343. The molecule has 0 aliphatic heterocycles. The van der Waals surface area contributed by atoms with E-state index in [0.717, 1.165) is 4.21 Å². The van der Waals surface area contributed by atoms with Crippen LogP contribution in [-0.4, -0.2) is 11.2 Å². The Kier molecular flexibility index (Phi) is 3.55. The van der Waals surface area contributed by atoms with Crippen molar-refractivity contribution in [1.29, 1.82) is 0 Å². The van der Waals surface area contributed by atoms with Crippen molar-refractivity contribution in [2.24, 2.45) is 0 Å². The molecule has 1 heterocycles. The summed E-state index contributed by atoms with van der Waals surface area (Å²) in [7, 11) is 0. The van der Waals surface area contributed by atoms with Crippen LogP contribution >= 0.6 is 23.1 Å². The Balaban J connectivity index is 2.39. The van der Waals surface area contributed by atoms with Crippen molar-refractivity contribution < 1.29 is 9.72 Å². The lowest BCUT2D eigenvalue weighted by Crippen LogP contribution is -1.92. The number of rotatable bonds is 4. The number of carbonyl (C=O) groups excluding carboxylic acids is 1. The molecule has 2 aromatic rings. The first-order valence-electron chi connectivity index (χ1n) is 4.65. The van der Waals surface area contributed by atoms with Gasteiger partial charge in [-0.25, -0.2) is 0 Å². The van der Waals surface area contributed by atoms with E-state index in [1.54, 1.807) is 12.1 Å². The van der Waals surface area contributed by atoms with Crippen molar-refractivity contribution in [3.05, 3.63) is 51.4 Å². The molecule has 17 heavy (non-hydrogen) atoms. The van der Waals surface area contributed by atoms with E-state index in [9.17, 15) is 14.9 Å². The second-order valence-electron chi connectivity index (χ2n) is 3.14. The van der Waals surface area contributed by atoms with Crippen molar-refractivity contribution >= 4 is 35.1 Å². The van der Waals surface area contributed by atoms with Gasteiger partial charge in [-0.1, -0.05) is 23.9 Å². The molecule has 0 atom stereocenters. The van der Waals surface area contributed by atoms with Gasteiger partial charge in [0.15, 0.2) is 0 Å². The third-order valence-electron chi connectivity index (χ3n) is 2.02. The molecule has 0 fully saturated rings. The highest BCUT2D eigenvalue weighted by Crippen LogP contribution is 2.37. The van der Waals surface area contributed by atoms with Crippen molar-refractivity contribution in [1.82, 2.24) is 0 Å². The zero-order chi connectivity index (χ0) is 12.3. The Morgan fingerprint density at radius 3 is 2.76 bits per heavy atom. The molecule has 0 N–H and O–H groups in total. The van der Waals surface area contributed by atoms with Crippen LogP contribution in [0.1, 0.15) is 10.4 Å². The maximum atomic E-state index is 10.9. The minimum Gasteiger partial charge on any atom is -0.298 e. The minimum atomic E-state index is -0.469. The molecule has 0 aliphatic carbocycles. The molecule has 0 saturated carbocycles. The van der Waals surface area contributed by atoms with Crippen LogP contribution in [-0.2, 0) is 0 Å². The van der Waals surface area contributed by atoms with Crippen LogP contribution < -0.4 is 0 Å². The topological polar surface area (TPSA) is 60.2 Å². The van der Waals surface area contributed by atoms with E-state index >= 15 is 0 Å². The normalized spacial score (nSPS) is 10.1. The highest BCUT2D eigenvalue weighted by Gasteiger charge is 2.15. The van der Waals surface area contributed by atoms with E-state index in [0.29, 0.717) is 16.7 Å². The second kappa shape index (κ2) is 5.11. The molecule has 86 valence electrons. The summed E-state index contributed by atoms with van der Waals surface area (Å²) in [5.74, 6) is 0. The number of thiophene rings is 1. The Hall–Kier alpha value is -1.66. The van der Waals surface area contributed by atoms with Gasteiger partial charge in [-0.3, -0.25) is 14.9 Å². The average Bonchev–Trinajstić information content (AvgIpc) is 2.82. The van der Waals surface area contributed by atoms with Gasteiger partial charge in [0.05, 0.1) is 14.0 Å². The lowest BCUT2D eigenvalue weighted by atomic mass is 10.2. The molecule has 0 amide bonds. The van der Waals surface area contributed by atoms with Crippen molar-refractivity contribution in [3.8, 4) is 0 Å². The largest absolute Gasteiger partial charge is 0.298 e. The molecule has 0 radical (unpaired) electrons. The number of benzene rings is 1. The van der Waals surface area contributed by atoms with Gasteiger partial charge in [0, 0.05) is 11.6 Å². The molecule has 0 spiro atoms. The van der Waals surface area contributed by atoms with Crippen LogP contribution in [0.5, 0.6) is 0 Å². The fourth-order valence-electron chi connectivity index (χ4n) is 1.27. The van der Waals surface area contributed by atoms with E-state index in [1.807, 2.05) is 17.5 Å². The van der Waals surface area contributed by atoms with E-state index in [-0.39, 0.29) is 5.69 Å². The first-order valence-corrected chi connectivity index (χ1v) is 6.35. The standard InChI is InChI=1S/C11H7NO3S2/c13-7-8-3-4-10(9(6-8)12(14)15)17-11-2-1-5-16-11/h1-7H. The van der Waals surface area contributed by atoms with Crippen LogP contribution in [0.3, 0.4) is 0 Å². The van der Waals surface area contributed by atoms with Gasteiger partial charge in [-0.15, -0.1) is 11.3 Å². The predicted octanol–water partition coefficient (Wildman–Crippen LogP) is 3.62. The summed E-state index contributed by atoms with van der Waals surface area (Å²) in [6.45, 7) is 0. The van der Waals surface area contributed by atoms with Crippen LogP contribution in [0.2, 0.25) is 0 Å². The summed E-state index contributed by atoms with van der Waals surface area (Å²) in [6, 6.07) is 8.26. The van der Waals surface area contributed by atoms with Crippen LogP contribution in [0.25, 0.3) is 0 Å². The summed E-state index contributed by atoms with van der Waals surface area (Å²) >= 11 is 2.85. The highest BCUT2D eigenvalue weighted by molar-refractivity contribution is 8.01. The summed E-state index contributed by atoms with van der Waals surface area (Å²) in [6.07, 6.45) is 0.604. The maximum Gasteiger partial charge on any atom is 0.283 e. The number of nitro groups is 1. The van der Waals surface area contributed by atoms with Crippen LogP contribution in [0.4, 0.5) is 5.69 Å². The third kappa shape index (κ3) is 2.72. The summed E-state index contributed by atoms with van der Waals surface area (Å²) < 4.78 is 0.979. The SMILES string of the molecule is O=Cc1ccc(Sc2cccs2)c([N+](=O)[O-])c1. The first kappa shape index (κ1) is 11.8. The van der Waals surface area contributed by atoms with Gasteiger partial charge in [0.2, 0.25) is 0 Å². The Morgan fingerprint density at radius 2 is 2.18 bits per heavy atom. The molecule has 0 bridgehead atoms. The molecule has 1 aromatic carbocycles. The summed E-state index contributed by atoms with van der Waals surface area (Å²) in [5.41, 5.74) is 0.278. The van der Waals surface area contributed by atoms with E-state index < -0.39 is 4.92 Å². The smallest absolute Gasteiger partial charge is 0.283 e. The van der Waals surface area contributed by atoms with Crippen LogP contribution in [0.15, 0.2) is 44.8 Å². The molecular formula is C11H7NO3S2. The first-order chi connectivity index (χ1) is 8.20. The molecule has 0 saturated heterocycles. The lowest BCUT2D eigenvalue weighted by molar-refractivity contribution is -0.387. The van der Waals surface area contributed by atoms with Crippen molar-refractivity contribution in [2.75, 3.05) is 0 Å². The number of nitro benzene ring substituents is 1. The van der Waals surface area contributed by atoms with Gasteiger partial charge in [-0.05, 0) is 17.5 Å². The molecule has 4 nitrogen and oxygen atoms in total. The molecular weight excluding hydrogens is 258 g/mol. The quantitative estimate of drug-likeness (QED) is 0.481. The fraction of sp³-hybridized carbons (Fsp3) is 0. The average molecular weight is 265 g/mol. The van der Waals surface area contributed by atoms with E-state index in [2.05, 4.69) is 0 Å². The summed E-state index contributed by atoms with van der Waals surface area (Å²) in [4.78, 5) is 21.6. The van der Waals surface area contributed by atoms with Gasteiger partial charge in [-0.2, -0.15) is 0 Å². The molecule has 0 unspecified atom stereocenters. The van der Waals surface area contributed by atoms with Crippen LogP contribution in [0, 0.1) is 10.1 Å². The zero-order valence-electron chi connectivity index (χ0n) is 8.53. The summed E-state index contributed by atoms with van der Waals surface area (Å²) in [5, 5.41) is 12.8. The van der Waals surface area contributed by atoms with Gasteiger partial charge in [0.25, 0.3) is 5.69 Å². The lowest BCUT2D eigenvalue weighted by Gasteiger charge is -2.01. The van der Waals surface area contributed by atoms with Crippen molar-refractivity contribution in [2.45, 2.75) is 9.10 Å². The second-order valence-corrected chi connectivity index (χ2v) is 5.43. The van der Waals surface area contributed by atoms with Gasteiger partial charge >= 0.3 is 0 Å².